The molecule has 94 valence electrons. The first kappa shape index (κ1) is 17.1. The first-order valence-electron chi connectivity index (χ1n) is 5.02. The second-order valence-corrected chi connectivity index (χ2v) is 3.32. The molecule has 0 aliphatic rings. The Kier molecular flexibility index (Phi) is 10.2. The molecule has 2 nitrogen and oxygen atoms in total. The van der Waals surface area contributed by atoms with E-state index in [0.717, 1.165) is 12.5 Å². The SMILES string of the molecule is CCC(CC)COC(C)[NH3+].F[B-](F)(F)F. The lowest BCUT2D eigenvalue weighted by molar-refractivity contribution is -0.485. The topological polar surface area (TPSA) is 36.9 Å². The van der Waals surface area contributed by atoms with Crippen LogP contribution in [0.5, 0.6) is 0 Å². The summed E-state index contributed by atoms with van der Waals surface area (Å²) in [5, 5.41) is 0. The summed E-state index contributed by atoms with van der Waals surface area (Å²) in [7, 11) is -6.00. The molecular weight excluding hydrogens is 213 g/mol. The van der Waals surface area contributed by atoms with Gasteiger partial charge in [0.15, 0.2) is 6.23 Å². The second kappa shape index (κ2) is 8.97. The maximum Gasteiger partial charge on any atom is 0.673 e. The minimum absolute atomic E-state index is 0.139. The Balaban J connectivity index is 0. The summed E-state index contributed by atoms with van der Waals surface area (Å²) in [5.74, 6) is 0.726. The smallest absolute Gasteiger partial charge is 0.418 e. The lowest BCUT2D eigenvalue weighted by Gasteiger charge is -2.12. The van der Waals surface area contributed by atoms with Gasteiger partial charge in [0.25, 0.3) is 0 Å². The van der Waals surface area contributed by atoms with Gasteiger partial charge in [-0.2, -0.15) is 0 Å². The first-order chi connectivity index (χ1) is 6.70. The van der Waals surface area contributed by atoms with Gasteiger partial charge in [-0.3, -0.25) is 0 Å². The van der Waals surface area contributed by atoms with Crippen molar-refractivity contribution in [2.45, 2.75) is 39.8 Å². The molecule has 0 aromatic carbocycles. The van der Waals surface area contributed by atoms with Gasteiger partial charge in [0.2, 0.25) is 0 Å². The molecule has 7 heteroatoms. The third kappa shape index (κ3) is 24.8. The molecule has 15 heavy (non-hydrogen) atoms. The van der Waals surface area contributed by atoms with E-state index in [4.69, 9.17) is 4.74 Å². The van der Waals surface area contributed by atoms with Crippen LogP contribution in [0, 0.1) is 5.92 Å². The van der Waals surface area contributed by atoms with Gasteiger partial charge in [0.05, 0.1) is 6.61 Å². The predicted octanol–water partition coefficient (Wildman–Crippen LogP) is 2.33. The lowest BCUT2D eigenvalue weighted by atomic mass is 10.1. The minimum atomic E-state index is -6.00. The number of ether oxygens (including phenoxy) is 1. The average Bonchev–Trinajstić information content (AvgIpc) is 2.02. The molecule has 0 bridgehead atoms. The van der Waals surface area contributed by atoms with Crippen LogP contribution in [0.25, 0.3) is 0 Å². The number of halogens is 4. The van der Waals surface area contributed by atoms with Crippen molar-refractivity contribution in [2.75, 3.05) is 6.61 Å². The van der Waals surface area contributed by atoms with Crippen LogP contribution in [0.15, 0.2) is 0 Å². The van der Waals surface area contributed by atoms with Crippen LogP contribution < -0.4 is 5.73 Å². The van der Waals surface area contributed by atoms with E-state index in [1.807, 2.05) is 6.92 Å². The maximum absolute atomic E-state index is 9.75. The van der Waals surface area contributed by atoms with Crippen molar-refractivity contribution >= 4 is 7.25 Å². The number of hydrogen-bond donors (Lipinski definition) is 1. The van der Waals surface area contributed by atoms with Gasteiger partial charge >= 0.3 is 7.25 Å². The molecule has 0 fully saturated rings. The molecule has 1 unspecified atom stereocenters. The highest BCUT2D eigenvalue weighted by Crippen LogP contribution is 2.07. The minimum Gasteiger partial charge on any atom is -0.418 e. The monoisotopic (exact) mass is 233 g/mol. The van der Waals surface area contributed by atoms with E-state index in [-0.39, 0.29) is 6.23 Å². The molecule has 1 atom stereocenters. The van der Waals surface area contributed by atoms with Crippen LogP contribution in [0.1, 0.15) is 33.6 Å². The van der Waals surface area contributed by atoms with Crippen LogP contribution in [-0.4, -0.2) is 20.1 Å². The van der Waals surface area contributed by atoms with E-state index in [2.05, 4.69) is 19.6 Å². The molecule has 0 aliphatic carbocycles. The van der Waals surface area contributed by atoms with E-state index in [1.54, 1.807) is 0 Å². The van der Waals surface area contributed by atoms with Crippen LogP contribution in [0.3, 0.4) is 0 Å². The average molecular weight is 233 g/mol. The van der Waals surface area contributed by atoms with E-state index in [9.17, 15) is 17.3 Å². The van der Waals surface area contributed by atoms with Gasteiger partial charge in [0, 0.05) is 6.92 Å². The Bertz CT molecular complexity index is 133. The molecular formula is C8H20BF4NO. The van der Waals surface area contributed by atoms with Crippen molar-refractivity contribution in [3.05, 3.63) is 0 Å². The van der Waals surface area contributed by atoms with Crippen LogP contribution in [0.2, 0.25) is 0 Å². The molecule has 0 aromatic rings. The quantitative estimate of drug-likeness (QED) is 0.441. The van der Waals surface area contributed by atoms with Crippen LogP contribution in [0.4, 0.5) is 17.3 Å². The highest BCUT2D eigenvalue weighted by Gasteiger charge is 2.20. The zero-order valence-corrected chi connectivity index (χ0v) is 9.48. The summed E-state index contributed by atoms with van der Waals surface area (Å²) >= 11 is 0. The van der Waals surface area contributed by atoms with Gasteiger partial charge in [-0.1, -0.05) is 26.7 Å². The van der Waals surface area contributed by atoms with Crippen LogP contribution >= 0.6 is 0 Å². The summed E-state index contributed by atoms with van der Waals surface area (Å²) in [4.78, 5) is 0. The second-order valence-electron chi connectivity index (χ2n) is 3.32. The Morgan fingerprint density at radius 3 is 1.67 bits per heavy atom. The zero-order valence-electron chi connectivity index (χ0n) is 9.48. The summed E-state index contributed by atoms with van der Waals surface area (Å²) in [6.45, 7) is 7.25. The van der Waals surface area contributed by atoms with E-state index in [0.29, 0.717) is 0 Å². The predicted molar refractivity (Wildman–Crippen MR) is 52.6 cm³/mol. The standard InChI is InChI=1S/C8H19NO.BF4/c1-4-8(5-2)6-10-7(3)9;2-1(3,4)5/h7-8H,4-6,9H2,1-3H3;/q;-1/p+1. The molecule has 0 spiro atoms. The van der Waals surface area contributed by atoms with Gasteiger partial charge in [-0.15, -0.1) is 0 Å². The summed E-state index contributed by atoms with van der Waals surface area (Å²) in [6, 6.07) is 0. The first-order valence-corrected chi connectivity index (χ1v) is 5.02. The van der Waals surface area contributed by atoms with Crippen molar-refractivity contribution in [3.63, 3.8) is 0 Å². The highest BCUT2D eigenvalue weighted by atomic mass is 19.5. The highest BCUT2D eigenvalue weighted by molar-refractivity contribution is 6.50. The number of hydrogen-bond acceptors (Lipinski definition) is 1. The fourth-order valence-electron chi connectivity index (χ4n) is 0.825. The Morgan fingerprint density at radius 1 is 1.13 bits per heavy atom. The third-order valence-corrected chi connectivity index (χ3v) is 1.77. The number of quaternary nitrogens is 1. The fraction of sp³-hybridized carbons (Fsp3) is 1.00. The lowest BCUT2D eigenvalue weighted by Crippen LogP contribution is -2.60. The van der Waals surface area contributed by atoms with E-state index >= 15 is 0 Å². The van der Waals surface area contributed by atoms with E-state index in [1.165, 1.54) is 12.8 Å². The fourth-order valence-corrected chi connectivity index (χ4v) is 0.825. The molecule has 0 amide bonds. The molecule has 0 rings (SSSR count). The Morgan fingerprint density at radius 2 is 1.47 bits per heavy atom. The van der Waals surface area contributed by atoms with Gasteiger partial charge in [-0.05, 0) is 5.92 Å². The summed E-state index contributed by atoms with van der Waals surface area (Å²) in [5.41, 5.74) is 3.76. The van der Waals surface area contributed by atoms with Gasteiger partial charge in [0.1, 0.15) is 0 Å². The van der Waals surface area contributed by atoms with Crippen molar-refractivity contribution in [1.29, 1.82) is 0 Å². The summed E-state index contributed by atoms with van der Waals surface area (Å²) in [6.07, 6.45) is 2.56. The molecule has 3 N–H and O–H groups in total. The maximum atomic E-state index is 9.75. The van der Waals surface area contributed by atoms with Crippen molar-refractivity contribution in [1.82, 2.24) is 0 Å². The molecule has 0 heterocycles. The molecule has 0 radical (unpaired) electrons. The Hall–Kier alpha value is -0.295. The Labute approximate surface area is 88.3 Å². The zero-order chi connectivity index (χ0) is 12.5. The van der Waals surface area contributed by atoms with Crippen LogP contribution in [-0.2, 0) is 4.74 Å². The van der Waals surface area contributed by atoms with Gasteiger partial charge < -0.3 is 27.7 Å². The van der Waals surface area contributed by atoms with Gasteiger partial charge in [-0.25, -0.2) is 0 Å². The van der Waals surface area contributed by atoms with Crippen molar-refractivity contribution in [3.8, 4) is 0 Å². The molecule has 0 aromatic heterocycles. The summed E-state index contributed by atoms with van der Waals surface area (Å²) < 4.78 is 44.4. The van der Waals surface area contributed by atoms with E-state index < -0.39 is 7.25 Å². The molecule has 0 saturated heterocycles. The van der Waals surface area contributed by atoms with Crippen molar-refractivity contribution < 1.29 is 27.7 Å². The molecule has 0 aliphatic heterocycles. The third-order valence-electron chi connectivity index (χ3n) is 1.77. The normalized spacial score (nSPS) is 13.4. The largest absolute Gasteiger partial charge is 0.673 e. The number of rotatable bonds is 5. The van der Waals surface area contributed by atoms with Crippen molar-refractivity contribution in [2.24, 2.45) is 5.92 Å². The molecule has 0 saturated carbocycles.